The Bertz CT molecular complexity index is 514. The summed E-state index contributed by atoms with van der Waals surface area (Å²) in [6.45, 7) is 8.73. The van der Waals surface area contributed by atoms with Crippen molar-refractivity contribution >= 4 is 0 Å². The molecule has 0 spiro atoms. The van der Waals surface area contributed by atoms with E-state index < -0.39 is 0 Å². The summed E-state index contributed by atoms with van der Waals surface area (Å²) in [6.07, 6.45) is 3.63. The van der Waals surface area contributed by atoms with Crippen molar-refractivity contribution in [2.75, 3.05) is 0 Å². The van der Waals surface area contributed by atoms with Crippen LogP contribution in [-0.2, 0) is 6.54 Å². The van der Waals surface area contributed by atoms with Gasteiger partial charge in [-0.15, -0.1) is 5.10 Å². The predicted octanol–water partition coefficient (Wildman–Crippen LogP) is 1.17. The molecule has 0 aliphatic rings. The lowest BCUT2D eigenvalue weighted by atomic mass is 10.3. The summed E-state index contributed by atoms with van der Waals surface area (Å²) < 4.78 is 1.65. The number of hydrogen-bond donors (Lipinski definition) is 1. The van der Waals surface area contributed by atoms with Crippen LogP contribution in [0.25, 0.3) is 5.95 Å². The zero-order valence-corrected chi connectivity index (χ0v) is 11.2. The van der Waals surface area contributed by atoms with Crippen LogP contribution in [-0.4, -0.2) is 30.8 Å². The number of rotatable bonds is 4. The molecule has 0 aliphatic heterocycles. The molecule has 0 saturated heterocycles. The van der Waals surface area contributed by atoms with Gasteiger partial charge in [0.25, 0.3) is 5.95 Å². The molecular formula is C12H18N6. The summed E-state index contributed by atoms with van der Waals surface area (Å²) in [6, 6.07) is 0.449. The van der Waals surface area contributed by atoms with Crippen molar-refractivity contribution in [3.05, 3.63) is 29.6 Å². The Hall–Kier alpha value is -1.82. The Balaban J connectivity index is 2.15. The van der Waals surface area contributed by atoms with Crippen LogP contribution in [0.5, 0.6) is 0 Å². The van der Waals surface area contributed by atoms with Gasteiger partial charge in [-0.05, 0) is 13.8 Å². The first-order valence-corrected chi connectivity index (χ1v) is 6.01. The van der Waals surface area contributed by atoms with Crippen LogP contribution in [0.15, 0.2) is 12.4 Å². The second-order valence-electron chi connectivity index (χ2n) is 4.54. The van der Waals surface area contributed by atoms with Gasteiger partial charge in [0.2, 0.25) is 0 Å². The van der Waals surface area contributed by atoms with Crippen LogP contribution in [0, 0.1) is 13.8 Å². The minimum absolute atomic E-state index is 0.449. The van der Waals surface area contributed by atoms with Crippen molar-refractivity contribution < 1.29 is 0 Å². The highest BCUT2D eigenvalue weighted by Gasteiger charge is 2.07. The van der Waals surface area contributed by atoms with Gasteiger partial charge >= 0.3 is 0 Å². The number of hydrogen-bond acceptors (Lipinski definition) is 5. The zero-order valence-electron chi connectivity index (χ0n) is 11.2. The summed E-state index contributed by atoms with van der Waals surface area (Å²) in [5.74, 6) is 2.07. The van der Waals surface area contributed by atoms with E-state index in [4.69, 9.17) is 0 Å². The minimum atomic E-state index is 0.449. The Morgan fingerprint density at radius 2 is 1.89 bits per heavy atom. The van der Waals surface area contributed by atoms with E-state index in [-0.39, 0.29) is 0 Å². The quantitative estimate of drug-likeness (QED) is 0.877. The minimum Gasteiger partial charge on any atom is -0.310 e. The average molecular weight is 246 g/mol. The second kappa shape index (κ2) is 5.22. The lowest BCUT2D eigenvalue weighted by Crippen LogP contribution is -2.22. The van der Waals surface area contributed by atoms with Gasteiger partial charge in [0.1, 0.15) is 11.6 Å². The van der Waals surface area contributed by atoms with Crippen molar-refractivity contribution in [1.82, 2.24) is 30.0 Å². The largest absolute Gasteiger partial charge is 0.310 e. The van der Waals surface area contributed by atoms with E-state index in [0.717, 1.165) is 23.8 Å². The molecular weight excluding hydrogens is 228 g/mol. The van der Waals surface area contributed by atoms with Crippen molar-refractivity contribution in [2.45, 2.75) is 40.3 Å². The van der Waals surface area contributed by atoms with E-state index in [0.29, 0.717) is 12.0 Å². The maximum atomic E-state index is 4.31. The fraction of sp³-hybridized carbons (Fsp3) is 0.500. The zero-order chi connectivity index (χ0) is 13.1. The molecule has 18 heavy (non-hydrogen) atoms. The van der Waals surface area contributed by atoms with Crippen molar-refractivity contribution in [1.29, 1.82) is 0 Å². The highest BCUT2D eigenvalue weighted by Crippen LogP contribution is 2.04. The van der Waals surface area contributed by atoms with Crippen molar-refractivity contribution in [3.8, 4) is 5.95 Å². The molecule has 6 heteroatoms. The second-order valence-corrected chi connectivity index (χ2v) is 4.54. The van der Waals surface area contributed by atoms with Crippen LogP contribution in [0.3, 0.4) is 0 Å². The van der Waals surface area contributed by atoms with Gasteiger partial charge in [-0.3, -0.25) is 0 Å². The number of nitrogens with one attached hydrogen (secondary N) is 1. The highest BCUT2D eigenvalue weighted by molar-refractivity contribution is 5.15. The standard InChI is InChI=1S/C12H18N6/c1-8(2)13-5-11-6-14-12(15-7-11)18-10(4)16-9(3)17-18/h6-8,13H,5H2,1-4H3. The smallest absolute Gasteiger partial charge is 0.252 e. The first-order valence-electron chi connectivity index (χ1n) is 6.01. The highest BCUT2D eigenvalue weighted by atomic mass is 15.4. The summed E-state index contributed by atoms with van der Waals surface area (Å²) in [4.78, 5) is 12.8. The fourth-order valence-electron chi connectivity index (χ4n) is 1.58. The molecule has 0 aliphatic carbocycles. The summed E-state index contributed by atoms with van der Waals surface area (Å²) in [5.41, 5.74) is 1.06. The van der Waals surface area contributed by atoms with Gasteiger partial charge in [0.05, 0.1) is 0 Å². The maximum absolute atomic E-state index is 4.31. The predicted molar refractivity (Wildman–Crippen MR) is 68.4 cm³/mol. The number of nitrogens with zero attached hydrogens (tertiary/aromatic N) is 5. The molecule has 1 N–H and O–H groups in total. The molecule has 2 aromatic rings. The number of aromatic nitrogens is 5. The van der Waals surface area contributed by atoms with Crippen LogP contribution in [0.4, 0.5) is 0 Å². The van der Waals surface area contributed by atoms with Crippen molar-refractivity contribution in [3.63, 3.8) is 0 Å². The van der Waals surface area contributed by atoms with Gasteiger partial charge in [-0.25, -0.2) is 15.0 Å². The Labute approximate surface area is 106 Å². The van der Waals surface area contributed by atoms with Gasteiger partial charge in [0, 0.05) is 30.5 Å². The van der Waals surface area contributed by atoms with Gasteiger partial charge in [0.15, 0.2) is 0 Å². The van der Waals surface area contributed by atoms with Crippen LogP contribution >= 0.6 is 0 Å². The lowest BCUT2D eigenvalue weighted by Gasteiger charge is -2.07. The molecule has 0 radical (unpaired) electrons. The summed E-state index contributed by atoms with van der Waals surface area (Å²) >= 11 is 0. The van der Waals surface area contributed by atoms with Crippen molar-refractivity contribution in [2.24, 2.45) is 0 Å². The van der Waals surface area contributed by atoms with Gasteiger partial charge < -0.3 is 5.32 Å². The third-order valence-corrected chi connectivity index (χ3v) is 2.47. The molecule has 0 saturated carbocycles. The molecule has 96 valence electrons. The van der Waals surface area contributed by atoms with E-state index in [1.807, 2.05) is 26.2 Å². The Morgan fingerprint density at radius 3 is 2.39 bits per heavy atom. The lowest BCUT2D eigenvalue weighted by molar-refractivity contribution is 0.586. The molecule has 2 rings (SSSR count). The molecule has 2 heterocycles. The first kappa shape index (κ1) is 12.6. The monoisotopic (exact) mass is 246 g/mol. The number of aryl methyl sites for hydroxylation is 2. The maximum Gasteiger partial charge on any atom is 0.252 e. The molecule has 0 bridgehead atoms. The van der Waals surface area contributed by atoms with E-state index >= 15 is 0 Å². The van der Waals surface area contributed by atoms with E-state index in [1.54, 1.807) is 4.68 Å². The van der Waals surface area contributed by atoms with Crippen LogP contribution in [0.2, 0.25) is 0 Å². The molecule has 0 fully saturated rings. The summed E-state index contributed by atoms with van der Waals surface area (Å²) in [7, 11) is 0. The molecule has 0 unspecified atom stereocenters. The first-order chi connectivity index (χ1) is 8.56. The Morgan fingerprint density at radius 1 is 1.22 bits per heavy atom. The van der Waals surface area contributed by atoms with Gasteiger partial charge in [-0.1, -0.05) is 13.8 Å². The fourth-order valence-corrected chi connectivity index (χ4v) is 1.58. The third-order valence-electron chi connectivity index (χ3n) is 2.47. The van der Waals surface area contributed by atoms with E-state index in [9.17, 15) is 0 Å². The Kier molecular flexibility index (Phi) is 3.66. The van der Waals surface area contributed by atoms with E-state index in [1.165, 1.54) is 0 Å². The molecule has 6 nitrogen and oxygen atoms in total. The third kappa shape index (κ3) is 2.89. The molecule has 2 aromatic heterocycles. The average Bonchev–Trinajstić information content (AvgIpc) is 2.66. The topological polar surface area (TPSA) is 68.5 Å². The molecule has 0 amide bonds. The van der Waals surface area contributed by atoms with E-state index in [2.05, 4.69) is 39.2 Å². The van der Waals surface area contributed by atoms with Crippen LogP contribution in [0.1, 0.15) is 31.1 Å². The molecule has 0 atom stereocenters. The van der Waals surface area contributed by atoms with Gasteiger partial charge in [-0.2, -0.15) is 4.68 Å². The summed E-state index contributed by atoms with van der Waals surface area (Å²) in [5, 5.41) is 7.57. The normalized spacial score (nSPS) is 11.2. The molecule has 0 aromatic carbocycles. The van der Waals surface area contributed by atoms with Crippen LogP contribution < -0.4 is 5.32 Å². The SMILES string of the molecule is Cc1nc(C)n(-c2ncc(CNC(C)C)cn2)n1.